The van der Waals surface area contributed by atoms with Crippen LogP contribution in [0.1, 0.15) is 39.0 Å². The Bertz CT molecular complexity index is 333. The Morgan fingerprint density at radius 1 is 1.25 bits per heavy atom. The Morgan fingerprint density at radius 2 is 1.85 bits per heavy atom. The monoisotopic (exact) mass is 304 g/mol. The van der Waals surface area contributed by atoms with Gasteiger partial charge in [-0.25, -0.2) is 0 Å². The van der Waals surface area contributed by atoms with E-state index < -0.39 is 20.7 Å². The molecule has 0 aromatic heterocycles. The largest absolute Gasteiger partial charge is 0.503 e. The molecule has 0 aromatic rings. The number of esters is 2. The van der Waals surface area contributed by atoms with Gasteiger partial charge in [0.2, 0.25) is 0 Å². The maximum Gasteiger partial charge on any atom is 0.503 e. The van der Waals surface area contributed by atoms with E-state index in [0.29, 0.717) is 6.42 Å². The quantitative estimate of drug-likeness (QED) is 0.368. The molecule has 1 heterocycles. The maximum absolute atomic E-state index is 11.4. The Hall–Kier alpha value is -0.763. The van der Waals surface area contributed by atoms with Crippen LogP contribution < -0.4 is 0 Å². The van der Waals surface area contributed by atoms with E-state index in [1.165, 1.54) is 0 Å². The van der Waals surface area contributed by atoms with Crippen molar-refractivity contribution in [1.29, 1.82) is 0 Å². The van der Waals surface area contributed by atoms with E-state index in [1.807, 2.05) is 0 Å². The van der Waals surface area contributed by atoms with E-state index in [9.17, 15) is 9.59 Å². The smallest absolute Gasteiger partial charge is 0.393 e. The Balaban J connectivity index is 2.49. The predicted octanol–water partition coefficient (Wildman–Crippen LogP) is 1.90. The third kappa shape index (κ3) is 3.88. The van der Waals surface area contributed by atoms with Gasteiger partial charge in [0.15, 0.2) is 0 Å². The van der Waals surface area contributed by atoms with Gasteiger partial charge in [-0.1, -0.05) is 13.3 Å². The highest BCUT2D eigenvalue weighted by molar-refractivity contribution is 6.62. The molecular formula is C13H24O6Si. The standard InChI is InChI=1S/C13H24O6Si/c1-5-11(20(16-2,17-3)18-4)8-6-7-10-9-12(14)19-13(10)15/h10-11H,5-9H2,1-4H3. The van der Waals surface area contributed by atoms with Crippen molar-refractivity contribution < 1.29 is 27.6 Å². The Morgan fingerprint density at radius 3 is 2.25 bits per heavy atom. The molecule has 0 bridgehead atoms. The second-order valence-corrected chi connectivity index (χ2v) is 8.19. The van der Waals surface area contributed by atoms with Crippen LogP contribution in [0.5, 0.6) is 0 Å². The lowest BCUT2D eigenvalue weighted by Crippen LogP contribution is -2.47. The van der Waals surface area contributed by atoms with Gasteiger partial charge in [-0.15, -0.1) is 0 Å². The van der Waals surface area contributed by atoms with Crippen LogP contribution in [0.3, 0.4) is 0 Å². The van der Waals surface area contributed by atoms with E-state index in [1.54, 1.807) is 21.3 Å². The number of cyclic esters (lactones) is 2. The van der Waals surface area contributed by atoms with Crippen LogP contribution >= 0.6 is 0 Å². The zero-order valence-electron chi connectivity index (χ0n) is 12.6. The predicted molar refractivity (Wildman–Crippen MR) is 73.9 cm³/mol. The first-order valence-corrected chi connectivity index (χ1v) is 8.73. The molecule has 116 valence electrons. The van der Waals surface area contributed by atoms with Crippen molar-refractivity contribution in [3.05, 3.63) is 0 Å². The normalized spacial score (nSPS) is 21.1. The summed E-state index contributed by atoms with van der Waals surface area (Å²) in [6.07, 6.45) is 3.40. The molecule has 1 aliphatic rings. The lowest BCUT2D eigenvalue weighted by atomic mass is 9.99. The first-order valence-electron chi connectivity index (χ1n) is 6.92. The SMILES string of the molecule is CCC(CCCC1CC(=O)OC1=O)[Si](OC)(OC)OC. The molecular weight excluding hydrogens is 280 g/mol. The fourth-order valence-corrected chi connectivity index (χ4v) is 5.29. The number of hydrogen-bond donors (Lipinski definition) is 0. The highest BCUT2D eigenvalue weighted by Gasteiger charge is 2.46. The summed E-state index contributed by atoms with van der Waals surface area (Å²) in [5.74, 6) is -1.10. The molecule has 1 saturated heterocycles. The second kappa shape index (κ2) is 7.87. The zero-order chi connectivity index (χ0) is 15.2. The maximum atomic E-state index is 11.4. The van der Waals surface area contributed by atoms with Gasteiger partial charge in [0.25, 0.3) is 0 Å². The van der Waals surface area contributed by atoms with Crippen molar-refractivity contribution in [3.8, 4) is 0 Å². The van der Waals surface area contributed by atoms with Gasteiger partial charge in [-0.2, -0.15) is 0 Å². The molecule has 0 aliphatic carbocycles. The minimum Gasteiger partial charge on any atom is -0.393 e. The summed E-state index contributed by atoms with van der Waals surface area (Å²) in [4.78, 5) is 22.4. The van der Waals surface area contributed by atoms with Gasteiger partial charge in [-0.3, -0.25) is 9.59 Å². The molecule has 1 fully saturated rings. The average molecular weight is 304 g/mol. The third-order valence-electron chi connectivity index (χ3n) is 3.91. The highest BCUT2D eigenvalue weighted by Crippen LogP contribution is 2.33. The summed E-state index contributed by atoms with van der Waals surface area (Å²) in [6, 6.07) is 0. The molecule has 0 N–H and O–H groups in total. The van der Waals surface area contributed by atoms with Crippen LogP contribution in [0.2, 0.25) is 5.54 Å². The summed E-state index contributed by atoms with van der Waals surface area (Å²) < 4.78 is 21.0. The van der Waals surface area contributed by atoms with Gasteiger partial charge in [0.1, 0.15) is 0 Å². The molecule has 20 heavy (non-hydrogen) atoms. The number of carbonyl (C=O) groups is 2. The van der Waals surface area contributed by atoms with Crippen molar-refractivity contribution in [2.45, 2.75) is 44.6 Å². The summed E-state index contributed by atoms with van der Waals surface area (Å²) in [6.45, 7) is 2.07. The summed E-state index contributed by atoms with van der Waals surface area (Å²) >= 11 is 0. The summed E-state index contributed by atoms with van der Waals surface area (Å²) in [7, 11) is 2.18. The van der Waals surface area contributed by atoms with Crippen LogP contribution in [0, 0.1) is 5.92 Å². The van der Waals surface area contributed by atoms with Crippen LogP contribution in [-0.2, 0) is 27.6 Å². The lowest BCUT2D eigenvalue weighted by molar-refractivity contribution is -0.153. The van der Waals surface area contributed by atoms with Crippen molar-refractivity contribution in [3.63, 3.8) is 0 Å². The van der Waals surface area contributed by atoms with Gasteiger partial charge in [0.05, 0.1) is 12.3 Å². The molecule has 0 spiro atoms. The summed E-state index contributed by atoms with van der Waals surface area (Å²) in [5, 5.41) is 0. The van der Waals surface area contributed by atoms with Gasteiger partial charge >= 0.3 is 20.7 Å². The fourth-order valence-electron chi connectivity index (χ4n) is 2.73. The van der Waals surface area contributed by atoms with Gasteiger partial charge in [-0.05, 0) is 19.3 Å². The summed E-state index contributed by atoms with van der Waals surface area (Å²) in [5.41, 5.74) is 0.190. The first kappa shape index (κ1) is 17.3. The van der Waals surface area contributed by atoms with Crippen LogP contribution in [0.15, 0.2) is 0 Å². The molecule has 7 heteroatoms. The molecule has 1 aliphatic heterocycles. The van der Waals surface area contributed by atoms with E-state index in [4.69, 9.17) is 13.3 Å². The van der Waals surface area contributed by atoms with Crippen LogP contribution in [0.4, 0.5) is 0 Å². The van der Waals surface area contributed by atoms with Crippen molar-refractivity contribution in [1.82, 2.24) is 0 Å². The van der Waals surface area contributed by atoms with Gasteiger partial charge < -0.3 is 18.0 Å². The molecule has 1 rings (SSSR count). The minimum absolute atomic E-state index is 0.190. The van der Waals surface area contributed by atoms with Crippen molar-refractivity contribution in [2.24, 2.45) is 5.92 Å². The van der Waals surface area contributed by atoms with Crippen molar-refractivity contribution >= 4 is 20.7 Å². The average Bonchev–Trinajstić information content (AvgIpc) is 2.77. The molecule has 2 unspecified atom stereocenters. The molecule has 0 amide bonds. The molecule has 6 nitrogen and oxygen atoms in total. The third-order valence-corrected chi connectivity index (χ3v) is 7.32. The molecule has 2 atom stereocenters. The number of hydrogen-bond acceptors (Lipinski definition) is 6. The Kier molecular flexibility index (Phi) is 6.80. The van der Waals surface area contributed by atoms with E-state index in [0.717, 1.165) is 19.3 Å². The lowest BCUT2D eigenvalue weighted by Gasteiger charge is -2.32. The Labute approximate surface area is 121 Å². The van der Waals surface area contributed by atoms with Crippen LogP contribution in [0.25, 0.3) is 0 Å². The highest BCUT2D eigenvalue weighted by atomic mass is 28.4. The van der Waals surface area contributed by atoms with Crippen LogP contribution in [-0.4, -0.2) is 42.1 Å². The number of carbonyl (C=O) groups excluding carboxylic acids is 2. The molecule has 0 aromatic carbocycles. The molecule has 0 saturated carbocycles. The molecule has 0 radical (unpaired) electrons. The number of ether oxygens (including phenoxy) is 1. The second-order valence-electron chi connectivity index (χ2n) is 4.95. The van der Waals surface area contributed by atoms with E-state index >= 15 is 0 Å². The minimum atomic E-state index is -2.64. The van der Waals surface area contributed by atoms with E-state index in [2.05, 4.69) is 11.7 Å². The van der Waals surface area contributed by atoms with E-state index in [-0.39, 0.29) is 17.9 Å². The van der Waals surface area contributed by atoms with Gasteiger partial charge in [0, 0.05) is 26.9 Å². The zero-order valence-corrected chi connectivity index (χ0v) is 13.6. The topological polar surface area (TPSA) is 71.1 Å². The number of rotatable bonds is 9. The first-order chi connectivity index (χ1) is 9.52. The fraction of sp³-hybridized carbons (Fsp3) is 0.846. The van der Waals surface area contributed by atoms with Crippen molar-refractivity contribution in [2.75, 3.05) is 21.3 Å².